The van der Waals surface area contributed by atoms with Crippen LogP contribution in [0.3, 0.4) is 0 Å². The molecule has 2 rings (SSSR count). The molecule has 0 saturated carbocycles. The van der Waals surface area contributed by atoms with Crippen LogP contribution in [-0.4, -0.2) is 51.1 Å². The van der Waals surface area contributed by atoms with Crippen molar-refractivity contribution >= 4 is 9.84 Å². The summed E-state index contributed by atoms with van der Waals surface area (Å²) in [5, 5.41) is 8.69. The van der Waals surface area contributed by atoms with Gasteiger partial charge in [-0.15, -0.1) is 0 Å². The van der Waals surface area contributed by atoms with Crippen LogP contribution in [0.15, 0.2) is 24.3 Å². The summed E-state index contributed by atoms with van der Waals surface area (Å²) in [7, 11) is -0.914. The highest BCUT2D eigenvalue weighted by Crippen LogP contribution is 2.16. The fourth-order valence-corrected chi connectivity index (χ4v) is 4.04. The molecule has 0 bridgehead atoms. The molecule has 0 aliphatic carbocycles. The van der Waals surface area contributed by atoms with Gasteiger partial charge in [0.25, 0.3) is 0 Å². The molecular formula is C14H18N2O3S. The van der Waals surface area contributed by atoms with Gasteiger partial charge in [0.2, 0.25) is 0 Å². The molecule has 108 valence electrons. The minimum atomic E-state index is -2.84. The molecule has 0 aromatic heterocycles. The molecular weight excluding hydrogens is 276 g/mol. The van der Waals surface area contributed by atoms with Crippen molar-refractivity contribution in [3.05, 3.63) is 29.8 Å². The lowest BCUT2D eigenvalue weighted by Gasteiger charge is -2.22. The maximum atomic E-state index is 11.4. The fraction of sp³-hybridized carbons (Fsp3) is 0.500. The van der Waals surface area contributed by atoms with Crippen molar-refractivity contribution in [2.45, 2.75) is 12.5 Å². The maximum absolute atomic E-state index is 11.4. The van der Waals surface area contributed by atoms with E-state index in [1.165, 1.54) is 0 Å². The molecule has 0 amide bonds. The molecule has 0 N–H and O–H groups in total. The van der Waals surface area contributed by atoms with E-state index >= 15 is 0 Å². The minimum Gasteiger partial charge on any atom is -0.492 e. The molecule has 1 saturated heterocycles. The number of sulfone groups is 1. The smallest absolute Gasteiger partial charge is 0.151 e. The zero-order chi connectivity index (χ0) is 14.6. The number of ether oxygens (including phenoxy) is 1. The molecule has 1 aliphatic rings. The molecule has 0 spiro atoms. The second-order valence-electron chi connectivity index (χ2n) is 5.02. The van der Waals surface area contributed by atoms with E-state index in [1.54, 1.807) is 24.3 Å². The predicted molar refractivity (Wildman–Crippen MR) is 76.3 cm³/mol. The highest BCUT2D eigenvalue weighted by molar-refractivity contribution is 7.91. The Hall–Kier alpha value is -1.58. The standard InChI is InChI=1S/C14H18N2O3S/c1-16(13-6-9-20(17,18)11-13)7-8-19-14-4-2-12(10-15)3-5-14/h2-5,13H,6-9,11H2,1H3. The van der Waals surface area contributed by atoms with Gasteiger partial charge >= 0.3 is 0 Å². The zero-order valence-corrected chi connectivity index (χ0v) is 12.3. The Labute approximate surface area is 119 Å². The first-order valence-corrected chi connectivity index (χ1v) is 8.36. The summed E-state index contributed by atoms with van der Waals surface area (Å²) in [5.41, 5.74) is 0.602. The van der Waals surface area contributed by atoms with Crippen molar-refractivity contribution in [3.8, 4) is 11.8 Å². The Bertz CT molecular complexity index is 590. The molecule has 1 unspecified atom stereocenters. The van der Waals surface area contributed by atoms with E-state index < -0.39 is 9.84 Å². The van der Waals surface area contributed by atoms with E-state index in [2.05, 4.69) is 6.07 Å². The lowest BCUT2D eigenvalue weighted by molar-refractivity contribution is 0.202. The summed E-state index contributed by atoms with van der Waals surface area (Å²) in [6, 6.07) is 9.10. The molecule has 6 heteroatoms. The van der Waals surface area contributed by atoms with E-state index in [1.807, 2.05) is 11.9 Å². The minimum absolute atomic E-state index is 0.101. The maximum Gasteiger partial charge on any atom is 0.151 e. The van der Waals surface area contributed by atoms with E-state index in [0.29, 0.717) is 30.9 Å². The van der Waals surface area contributed by atoms with Gasteiger partial charge in [0.15, 0.2) is 9.84 Å². The summed E-state index contributed by atoms with van der Waals surface area (Å²) in [6.45, 7) is 1.18. The van der Waals surface area contributed by atoms with Gasteiger partial charge < -0.3 is 4.74 Å². The van der Waals surface area contributed by atoms with Gasteiger partial charge in [-0.25, -0.2) is 8.42 Å². The highest BCUT2D eigenvalue weighted by atomic mass is 32.2. The van der Waals surface area contributed by atoms with Gasteiger partial charge in [0.05, 0.1) is 23.1 Å². The first-order chi connectivity index (χ1) is 9.50. The molecule has 5 nitrogen and oxygen atoms in total. The van der Waals surface area contributed by atoms with Crippen LogP contribution in [0, 0.1) is 11.3 Å². The Kier molecular flexibility index (Phi) is 4.63. The van der Waals surface area contributed by atoms with Gasteiger partial charge in [-0.3, -0.25) is 4.90 Å². The first kappa shape index (κ1) is 14.8. The summed E-state index contributed by atoms with van der Waals surface area (Å²) < 4.78 is 28.4. The van der Waals surface area contributed by atoms with Crippen LogP contribution in [0.4, 0.5) is 0 Å². The number of nitrogens with zero attached hydrogens (tertiary/aromatic N) is 2. The summed E-state index contributed by atoms with van der Waals surface area (Å²) >= 11 is 0. The Morgan fingerprint density at radius 3 is 2.65 bits per heavy atom. The molecule has 20 heavy (non-hydrogen) atoms. The van der Waals surface area contributed by atoms with Crippen LogP contribution in [-0.2, 0) is 9.84 Å². The molecule has 1 aliphatic heterocycles. The number of rotatable bonds is 5. The SMILES string of the molecule is CN(CCOc1ccc(C#N)cc1)C1CCS(=O)(=O)C1. The largest absolute Gasteiger partial charge is 0.492 e. The van der Waals surface area contributed by atoms with Crippen molar-refractivity contribution in [1.82, 2.24) is 4.90 Å². The normalized spacial score (nSPS) is 20.8. The Morgan fingerprint density at radius 2 is 2.10 bits per heavy atom. The zero-order valence-electron chi connectivity index (χ0n) is 11.4. The third-order valence-electron chi connectivity index (χ3n) is 3.53. The van der Waals surface area contributed by atoms with Crippen LogP contribution in [0.2, 0.25) is 0 Å². The topological polar surface area (TPSA) is 70.4 Å². The lowest BCUT2D eigenvalue weighted by atomic mass is 10.2. The van der Waals surface area contributed by atoms with E-state index in [9.17, 15) is 8.42 Å². The molecule has 1 aromatic carbocycles. The van der Waals surface area contributed by atoms with E-state index in [-0.39, 0.29) is 11.8 Å². The first-order valence-electron chi connectivity index (χ1n) is 6.54. The van der Waals surface area contributed by atoms with Gasteiger partial charge in [0.1, 0.15) is 12.4 Å². The number of nitriles is 1. The second-order valence-corrected chi connectivity index (χ2v) is 7.25. The van der Waals surface area contributed by atoms with E-state index in [4.69, 9.17) is 10.00 Å². The average Bonchev–Trinajstić information content (AvgIpc) is 2.80. The fourth-order valence-electron chi connectivity index (χ4n) is 2.24. The van der Waals surface area contributed by atoms with Crippen molar-refractivity contribution < 1.29 is 13.2 Å². The van der Waals surface area contributed by atoms with Gasteiger partial charge in [-0.05, 0) is 37.7 Å². The van der Waals surface area contributed by atoms with Crippen LogP contribution in [0.25, 0.3) is 0 Å². The Morgan fingerprint density at radius 1 is 1.40 bits per heavy atom. The summed E-state index contributed by atoms with van der Waals surface area (Å²) in [5.74, 6) is 1.26. The molecule has 1 atom stereocenters. The third kappa shape index (κ3) is 3.95. The van der Waals surface area contributed by atoms with Gasteiger partial charge in [0, 0.05) is 12.6 Å². The van der Waals surface area contributed by atoms with Crippen molar-refractivity contribution in [2.75, 3.05) is 31.7 Å². The Balaban J connectivity index is 1.76. The number of benzene rings is 1. The summed E-state index contributed by atoms with van der Waals surface area (Å²) in [6.07, 6.45) is 0.704. The number of likely N-dealkylation sites (N-methyl/N-ethyl adjacent to an activating group) is 1. The van der Waals surface area contributed by atoms with Crippen molar-refractivity contribution in [3.63, 3.8) is 0 Å². The van der Waals surface area contributed by atoms with E-state index in [0.717, 1.165) is 5.75 Å². The highest BCUT2D eigenvalue weighted by Gasteiger charge is 2.30. The molecule has 0 radical (unpaired) electrons. The van der Waals surface area contributed by atoms with Crippen LogP contribution in [0.1, 0.15) is 12.0 Å². The van der Waals surface area contributed by atoms with Crippen LogP contribution >= 0.6 is 0 Å². The average molecular weight is 294 g/mol. The van der Waals surface area contributed by atoms with Gasteiger partial charge in [-0.2, -0.15) is 5.26 Å². The lowest BCUT2D eigenvalue weighted by Crippen LogP contribution is -2.35. The van der Waals surface area contributed by atoms with Crippen molar-refractivity contribution in [1.29, 1.82) is 5.26 Å². The number of hydrogen-bond acceptors (Lipinski definition) is 5. The third-order valence-corrected chi connectivity index (χ3v) is 5.28. The molecule has 1 heterocycles. The monoisotopic (exact) mass is 294 g/mol. The predicted octanol–water partition coefficient (Wildman–Crippen LogP) is 1.06. The van der Waals surface area contributed by atoms with Crippen LogP contribution in [0.5, 0.6) is 5.75 Å². The summed E-state index contributed by atoms with van der Waals surface area (Å²) in [4.78, 5) is 2.04. The second kappa shape index (κ2) is 6.25. The molecule has 1 fully saturated rings. The number of hydrogen-bond donors (Lipinski definition) is 0. The quantitative estimate of drug-likeness (QED) is 0.812. The van der Waals surface area contributed by atoms with Gasteiger partial charge in [-0.1, -0.05) is 0 Å². The molecule has 1 aromatic rings. The van der Waals surface area contributed by atoms with Crippen molar-refractivity contribution in [2.24, 2.45) is 0 Å². The van der Waals surface area contributed by atoms with Crippen LogP contribution < -0.4 is 4.74 Å².